The van der Waals surface area contributed by atoms with Gasteiger partial charge in [-0.25, -0.2) is 0 Å². The Bertz CT molecular complexity index is 719. The second kappa shape index (κ2) is 7.35. The van der Waals surface area contributed by atoms with Gasteiger partial charge in [-0.3, -0.25) is 0 Å². The van der Waals surface area contributed by atoms with Crippen LogP contribution < -0.4 is 0 Å². The van der Waals surface area contributed by atoms with Crippen molar-refractivity contribution in [2.24, 2.45) is 5.41 Å². The van der Waals surface area contributed by atoms with E-state index in [9.17, 15) is 97.0 Å². The molecule has 0 radical (unpaired) electrons. The summed E-state index contributed by atoms with van der Waals surface area (Å²) in [4.78, 5) is 10.2. The van der Waals surface area contributed by atoms with E-state index in [-0.39, 0.29) is 0 Å². The molecule has 0 bridgehead atoms. The molecule has 0 heterocycles. The molecule has 0 fully saturated rings. The lowest BCUT2D eigenvalue weighted by atomic mass is 9.74. The van der Waals surface area contributed by atoms with Crippen LogP contribution in [0.4, 0.5) is 92.2 Å². The Kier molecular flexibility index (Phi) is 6.95. The van der Waals surface area contributed by atoms with Crippen molar-refractivity contribution in [3.63, 3.8) is 0 Å². The van der Waals surface area contributed by atoms with Crippen LogP contribution in [0.5, 0.6) is 0 Å². The molecule has 0 aliphatic rings. The minimum absolute atomic E-state index is 3.25. The van der Waals surface area contributed by atoms with Gasteiger partial charge in [-0.2, -0.15) is 92.2 Å². The summed E-state index contributed by atoms with van der Waals surface area (Å²) in [6, 6.07) is 0. The molecule has 0 aromatic heterocycles. The highest BCUT2D eigenvalue weighted by Gasteiger charge is 2.98. The van der Waals surface area contributed by atoms with Gasteiger partial charge in [0.25, 0.3) is 5.41 Å². The summed E-state index contributed by atoms with van der Waals surface area (Å²) in [7, 11) is 0. The lowest BCUT2D eigenvalue weighted by Gasteiger charge is -2.46. The van der Waals surface area contributed by atoms with Crippen LogP contribution in [-0.2, 0) is 4.79 Å². The van der Waals surface area contributed by atoms with Crippen molar-refractivity contribution in [3.05, 3.63) is 0 Å². The number of rotatable bonds is 7. The van der Waals surface area contributed by atoms with Crippen molar-refractivity contribution in [2.75, 3.05) is 0 Å². The van der Waals surface area contributed by atoms with Crippen molar-refractivity contribution in [3.8, 4) is 0 Å². The molecule has 0 rings (SSSR count). The zero-order chi connectivity index (χ0) is 27.7. The minimum atomic E-state index is -9.23. The average Bonchev–Trinajstić information content (AvgIpc) is 2.50. The molecule has 0 aliphatic carbocycles. The molecule has 0 saturated carbocycles. The molecule has 0 unspecified atom stereocenters. The van der Waals surface area contributed by atoms with Crippen LogP contribution in [-0.4, -0.2) is 60.4 Å². The fraction of sp³-hybridized carbons (Fsp3) is 0.909. The second-order valence-corrected chi connectivity index (χ2v) is 5.87. The zero-order valence-corrected chi connectivity index (χ0v) is 13.9. The van der Waals surface area contributed by atoms with E-state index in [4.69, 9.17) is 0 Å². The topological polar surface area (TPSA) is 17.1 Å². The zero-order valence-electron chi connectivity index (χ0n) is 13.9. The summed E-state index contributed by atoms with van der Waals surface area (Å²) in [5.74, 6) is -53.9. The van der Waals surface area contributed by atoms with E-state index in [0.29, 0.717) is 0 Å². The van der Waals surface area contributed by atoms with Crippen LogP contribution >= 0.6 is 0 Å². The molecule has 0 amide bonds. The molecule has 0 aliphatic heterocycles. The fourth-order valence-corrected chi connectivity index (χ4v) is 1.94. The highest BCUT2D eigenvalue weighted by Crippen LogP contribution is 2.68. The number of halogens is 21. The number of aldehydes is 1. The first kappa shape index (κ1) is 31.2. The van der Waals surface area contributed by atoms with Crippen LogP contribution in [0.2, 0.25) is 0 Å². The van der Waals surface area contributed by atoms with Crippen LogP contribution in [0.3, 0.4) is 0 Å². The van der Waals surface area contributed by atoms with Gasteiger partial charge in [0.1, 0.15) is 0 Å². The van der Waals surface area contributed by atoms with Crippen LogP contribution in [0.25, 0.3) is 0 Å². The summed E-state index contributed by atoms with van der Waals surface area (Å²) >= 11 is 0. The highest BCUT2D eigenvalue weighted by molar-refractivity contribution is 5.65. The number of alkyl halides is 21. The van der Waals surface area contributed by atoms with Gasteiger partial charge in [-0.05, 0) is 0 Å². The molecule has 0 N–H and O–H groups in total. The molecule has 0 aromatic carbocycles. The Morgan fingerprint density at radius 3 is 0.697 bits per heavy atom. The normalized spacial score (nSPS) is 16.8. The molecular weight excluding hydrogens is 547 g/mol. The van der Waals surface area contributed by atoms with E-state index in [2.05, 4.69) is 0 Å². The summed E-state index contributed by atoms with van der Waals surface area (Å²) in [5, 5.41) is 0. The van der Waals surface area contributed by atoms with Gasteiger partial charge in [-0.15, -0.1) is 0 Å². The Morgan fingerprint density at radius 1 is 0.303 bits per heavy atom. The maximum atomic E-state index is 13.6. The molecule has 0 saturated heterocycles. The van der Waals surface area contributed by atoms with Gasteiger partial charge in [-0.1, -0.05) is 0 Å². The first-order valence-corrected chi connectivity index (χ1v) is 6.74. The maximum absolute atomic E-state index is 13.6. The number of carbonyl (C=O) groups excluding carboxylic acids is 1. The molecule has 1 nitrogen and oxygen atoms in total. The molecule has 0 spiro atoms. The van der Waals surface area contributed by atoms with Crippen LogP contribution in [0, 0.1) is 5.41 Å². The Balaban J connectivity index is 7.37. The first-order valence-electron chi connectivity index (χ1n) is 6.74. The second-order valence-electron chi connectivity index (χ2n) is 5.87. The third kappa shape index (κ3) is 3.55. The van der Waals surface area contributed by atoms with Gasteiger partial charge >= 0.3 is 54.1 Å². The van der Waals surface area contributed by atoms with Crippen LogP contribution in [0.1, 0.15) is 0 Å². The van der Waals surface area contributed by atoms with E-state index in [1.54, 1.807) is 0 Å². The predicted molar refractivity (Wildman–Crippen MR) is 56.3 cm³/mol. The number of hydrogen-bond donors (Lipinski definition) is 0. The maximum Gasteiger partial charge on any atom is 0.460 e. The van der Waals surface area contributed by atoms with E-state index in [1.165, 1.54) is 0 Å². The summed E-state index contributed by atoms with van der Waals surface area (Å²) in [5.41, 5.74) is -8.07. The van der Waals surface area contributed by atoms with E-state index < -0.39 is 65.8 Å². The Hall–Kier alpha value is -1.80. The lowest BCUT2D eigenvalue weighted by Crippen LogP contribution is -2.77. The smallest absolute Gasteiger partial charge is 0.302 e. The quantitative estimate of drug-likeness (QED) is 0.257. The lowest BCUT2D eigenvalue weighted by molar-refractivity contribution is -0.474. The van der Waals surface area contributed by atoms with Crippen molar-refractivity contribution >= 4 is 6.29 Å². The van der Waals surface area contributed by atoms with Gasteiger partial charge in [0.2, 0.25) is 0 Å². The minimum Gasteiger partial charge on any atom is -0.302 e. The fourth-order valence-electron chi connectivity index (χ4n) is 1.94. The van der Waals surface area contributed by atoms with Gasteiger partial charge in [0.05, 0.1) is 0 Å². The Labute approximate surface area is 164 Å². The van der Waals surface area contributed by atoms with E-state index >= 15 is 0 Å². The van der Waals surface area contributed by atoms with Crippen molar-refractivity contribution in [1.29, 1.82) is 0 Å². The summed E-state index contributed by atoms with van der Waals surface area (Å²) in [6.45, 7) is 0. The molecule has 198 valence electrons. The van der Waals surface area contributed by atoms with Crippen molar-refractivity contribution in [2.45, 2.75) is 54.1 Å². The molecule has 33 heavy (non-hydrogen) atoms. The molecular formula is C11HF21O. The van der Waals surface area contributed by atoms with Crippen molar-refractivity contribution < 1.29 is 97.0 Å². The number of carbonyl (C=O) groups is 1. The third-order valence-corrected chi connectivity index (χ3v) is 3.89. The predicted octanol–water partition coefficient (Wildman–Crippen LogP) is 6.67. The molecule has 0 aromatic rings. The van der Waals surface area contributed by atoms with E-state index in [1.807, 2.05) is 0 Å². The standard InChI is InChI=1S/C11HF21O/c12-3(13,2(1-33,9(24,25)26)10(27,28)29)4(14,15)5(16,17)6(18,19)7(20,21)8(22,23)11(30,31)32/h1H. The average molecular weight is 548 g/mol. The summed E-state index contributed by atoms with van der Waals surface area (Å²) in [6.07, 6.45) is -27.6. The third-order valence-electron chi connectivity index (χ3n) is 3.89. The molecule has 22 heteroatoms. The van der Waals surface area contributed by atoms with Crippen molar-refractivity contribution in [1.82, 2.24) is 0 Å². The summed E-state index contributed by atoms with van der Waals surface area (Å²) < 4.78 is 269. The first-order chi connectivity index (χ1) is 13.8. The van der Waals surface area contributed by atoms with Gasteiger partial charge in [0, 0.05) is 0 Å². The Morgan fingerprint density at radius 2 is 0.515 bits per heavy atom. The van der Waals surface area contributed by atoms with Gasteiger partial charge in [0.15, 0.2) is 6.29 Å². The largest absolute Gasteiger partial charge is 0.460 e. The van der Waals surface area contributed by atoms with Gasteiger partial charge < -0.3 is 4.79 Å². The highest BCUT2D eigenvalue weighted by atomic mass is 19.4. The number of hydrogen-bond acceptors (Lipinski definition) is 1. The monoisotopic (exact) mass is 548 g/mol. The SMILES string of the molecule is O=CC(C(F)(F)F)(C(F)(F)F)C(F)(F)C(F)(F)C(F)(F)C(F)(F)C(F)(F)C(F)(F)C(F)(F)F. The van der Waals surface area contributed by atoms with E-state index in [0.717, 1.165) is 0 Å². The van der Waals surface area contributed by atoms with Crippen LogP contribution in [0.15, 0.2) is 0 Å². The molecule has 0 atom stereocenters.